The van der Waals surface area contributed by atoms with Crippen LogP contribution in [0.2, 0.25) is 10.0 Å². The van der Waals surface area contributed by atoms with E-state index in [1.54, 1.807) is 95.9 Å². The molecule has 6 rings (SSSR count). The lowest BCUT2D eigenvalue weighted by Gasteiger charge is -2.33. The first kappa shape index (κ1) is 54.7. The van der Waals surface area contributed by atoms with Crippen LogP contribution in [0.3, 0.4) is 0 Å². The maximum atomic E-state index is 12.7. The summed E-state index contributed by atoms with van der Waals surface area (Å²) in [5, 5.41) is 17.2. The lowest BCUT2D eigenvalue weighted by Crippen LogP contribution is -2.43. The normalized spacial score (nSPS) is 14.6. The number of carbonyl (C=O) groups excluding carboxylic acids is 3. The van der Waals surface area contributed by atoms with Crippen molar-refractivity contribution < 1.29 is 41.1 Å². The van der Waals surface area contributed by atoms with Crippen molar-refractivity contribution >= 4 is 72.5 Å². The molecule has 15 nitrogen and oxygen atoms in total. The molecular weight excluding hydrogens is 940 g/mol. The van der Waals surface area contributed by atoms with Gasteiger partial charge in [-0.25, -0.2) is 21.6 Å². The molecule has 0 radical (unpaired) electrons. The first-order valence-corrected chi connectivity index (χ1v) is 26.5. The van der Waals surface area contributed by atoms with Gasteiger partial charge in [-0.2, -0.15) is 0 Å². The van der Waals surface area contributed by atoms with Crippen LogP contribution in [0.5, 0.6) is 0 Å². The number of aliphatic hydroxyl groups is 1. The summed E-state index contributed by atoms with van der Waals surface area (Å²) < 4.78 is 57.5. The highest BCUT2D eigenvalue weighted by molar-refractivity contribution is 7.92. The van der Waals surface area contributed by atoms with Crippen molar-refractivity contribution in [3.8, 4) is 0 Å². The van der Waals surface area contributed by atoms with Crippen LogP contribution in [-0.4, -0.2) is 109 Å². The van der Waals surface area contributed by atoms with E-state index in [4.69, 9.17) is 33.0 Å². The van der Waals surface area contributed by atoms with Crippen LogP contribution in [0.25, 0.3) is 0 Å². The van der Waals surface area contributed by atoms with Crippen LogP contribution in [0.15, 0.2) is 97.1 Å². The topological polar surface area (TPSA) is 195 Å². The number of hydrogen-bond donors (Lipinski definition) is 4. The summed E-state index contributed by atoms with van der Waals surface area (Å²) in [6, 6.07) is 27.3. The molecule has 0 saturated carbocycles. The van der Waals surface area contributed by atoms with Gasteiger partial charge in [0.1, 0.15) is 5.60 Å². The summed E-state index contributed by atoms with van der Waals surface area (Å²) in [6.45, 7) is 10.1. The quantitative estimate of drug-likeness (QED) is 0.0994. The third kappa shape index (κ3) is 17.6. The number of nitrogens with zero attached hydrogens (tertiary/aromatic N) is 3. The van der Waals surface area contributed by atoms with Crippen molar-refractivity contribution in [2.24, 2.45) is 11.8 Å². The average molecular weight is 1000 g/mol. The van der Waals surface area contributed by atoms with E-state index in [0.29, 0.717) is 75.8 Å². The Morgan fingerprint density at radius 3 is 1.39 bits per heavy atom. The largest absolute Gasteiger partial charge is 0.444 e. The molecule has 2 heterocycles. The Labute approximate surface area is 406 Å². The number of carbonyl (C=O) groups is 3. The Bertz CT molecular complexity index is 2460. The summed E-state index contributed by atoms with van der Waals surface area (Å²) in [7, 11) is -6.10. The minimum Gasteiger partial charge on any atom is -0.444 e. The molecule has 0 aromatic heterocycles. The Kier molecular flexibility index (Phi) is 20.8. The molecule has 0 aliphatic carbocycles. The van der Waals surface area contributed by atoms with Gasteiger partial charge in [-0.05, 0) is 143 Å². The molecule has 0 atom stereocenters. The highest BCUT2D eigenvalue weighted by atomic mass is 35.5. The van der Waals surface area contributed by atoms with Crippen molar-refractivity contribution in [2.45, 2.75) is 65.1 Å². The summed E-state index contributed by atoms with van der Waals surface area (Å²) in [6.07, 6.45) is 5.67. The molecular formula is C48H64Cl2N6O9S2. The number of nitrogens with one attached hydrogen (secondary N) is 3. The zero-order chi connectivity index (χ0) is 49.4. The molecule has 3 amide bonds. The second kappa shape index (κ2) is 25.5. The molecule has 4 aromatic rings. The van der Waals surface area contributed by atoms with E-state index in [2.05, 4.69) is 16.0 Å². The predicted octanol–water partition coefficient (Wildman–Crippen LogP) is 7.33. The second-order valence-corrected chi connectivity index (χ2v) is 22.0. The van der Waals surface area contributed by atoms with Crippen LogP contribution < -0.4 is 24.6 Å². The van der Waals surface area contributed by atoms with Crippen molar-refractivity contribution in [1.82, 2.24) is 20.9 Å². The lowest BCUT2D eigenvalue weighted by molar-refractivity contribution is 0.0183. The number of halogens is 2. The van der Waals surface area contributed by atoms with E-state index in [1.807, 2.05) is 26.8 Å². The highest BCUT2D eigenvalue weighted by Gasteiger charge is 2.28. The van der Waals surface area contributed by atoms with Gasteiger partial charge < -0.3 is 30.7 Å². The molecule has 0 spiro atoms. The summed E-state index contributed by atoms with van der Waals surface area (Å²) >= 11 is 12.4. The Hall–Kier alpha value is -4.91. The highest BCUT2D eigenvalue weighted by Crippen LogP contribution is 2.27. The molecule has 67 heavy (non-hydrogen) atoms. The molecule has 2 fully saturated rings. The van der Waals surface area contributed by atoms with E-state index >= 15 is 0 Å². The van der Waals surface area contributed by atoms with E-state index in [1.165, 1.54) is 8.61 Å². The third-order valence-corrected chi connectivity index (χ3v) is 14.0. The predicted molar refractivity (Wildman–Crippen MR) is 267 cm³/mol. The Balaban J connectivity index is 0.000000288. The van der Waals surface area contributed by atoms with E-state index in [-0.39, 0.29) is 36.9 Å². The first-order valence-electron chi connectivity index (χ1n) is 22.0. The maximum Gasteiger partial charge on any atom is 0.410 e. The number of ether oxygens (including phenoxy) is 1. The maximum absolute atomic E-state index is 12.7. The van der Waals surface area contributed by atoms with E-state index in [9.17, 15) is 31.2 Å². The van der Waals surface area contributed by atoms with Crippen molar-refractivity contribution in [2.75, 3.05) is 67.5 Å². The van der Waals surface area contributed by atoms with Gasteiger partial charge in [0.15, 0.2) is 0 Å². The minimum absolute atomic E-state index is 0.0893. The zero-order valence-corrected chi connectivity index (χ0v) is 42.1. The van der Waals surface area contributed by atoms with Crippen LogP contribution in [0, 0.1) is 11.8 Å². The number of sulfonamides is 2. The fourth-order valence-electron chi connectivity index (χ4n) is 7.33. The molecule has 0 unspecified atom stereocenters. The molecule has 366 valence electrons. The van der Waals surface area contributed by atoms with Crippen LogP contribution in [-0.2, 0) is 37.9 Å². The number of hydrogen-bond acceptors (Lipinski definition) is 10. The van der Waals surface area contributed by atoms with Crippen molar-refractivity contribution in [3.05, 3.63) is 129 Å². The van der Waals surface area contributed by atoms with Gasteiger partial charge in [0.25, 0.3) is 11.8 Å². The van der Waals surface area contributed by atoms with Gasteiger partial charge in [-0.1, -0.05) is 59.6 Å². The van der Waals surface area contributed by atoms with Gasteiger partial charge >= 0.3 is 6.09 Å². The third-order valence-electron chi connectivity index (χ3n) is 11.0. The molecule has 4 aromatic carbocycles. The van der Waals surface area contributed by atoms with Gasteiger partial charge in [0.2, 0.25) is 20.0 Å². The first-order chi connectivity index (χ1) is 31.7. The number of rotatable bonds is 14. The van der Waals surface area contributed by atoms with Crippen molar-refractivity contribution in [1.29, 1.82) is 0 Å². The smallest absolute Gasteiger partial charge is 0.410 e. The number of aliphatic hydroxyl groups excluding tert-OH is 1. The number of anilines is 2. The van der Waals surface area contributed by atoms with Crippen LogP contribution in [0.4, 0.5) is 16.2 Å². The Morgan fingerprint density at radius 1 is 0.657 bits per heavy atom. The fourth-order valence-corrected chi connectivity index (χ4v) is 9.48. The minimum atomic E-state index is -3.57. The monoisotopic (exact) mass is 1000 g/mol. The van der Waals surface area contributed by atoms with Gasteiger partial charge in [0.05, 0.1) is 37.0 Å². The fraction of sp³-hybridized carbons (Fsp3) is 0.438. The molecule has 2 aliphatic rings. The SMILES string of the molecule is CC(C)(C)OC(=O)N1CCC(CNC(=O)c2ccc(N(Cc3ccccc3Cl)S(C)(=O)=O)cc2)CC1.CO.CS(=O)(=O)N(Cc1ccccc1Cl)c1ccc(C(=O)NCC2CCNCC2)cc1. The van der Waals surface area contributed by atoms with E-state index in [0.717, 1.165) is 58.4 Å². The molecule has 19 heteroatoms. The zero-order valence-electron chi connectivity index (χ0n) is 39.0. The summed E-state index contributed by atoms with van der Waals surface area (Å²) in [5.41, 5.74) is 2.76. The van der Waals surface area contributed by atoms with Crippen LogP contribution >= 0.6 is 23.2 Å². The second-order valence-electron chi connectivity index (χ2n) is 17.3. The van der Waals surface area contributed by atoms with Gasteiger partial charge in [-0.15, -0.1) is 0 Å². The van der Waals surface area contributed by atoms with Gasteiger partial charge in [0, 0.05) is 54.5 Å². The molecule has 0 bridgehead atoms. The lowest BCUT2D eigenvalue weighted by atomic mass is 9.97. The summed E-state index contributed by atoms with van der Waals surface area (Å²) in [4.78, 5) is 39.0. The Morgan fingerprint density at radius 2 is 1.03 bits per heavy atom. The summed E-state index contributed by atoms with van der Waals surface area (Å²) in [5.74, 6) is 0.388. The number of benzene rings is 4. The standard InChI is InChI=1S/C26H34ClN3O5S.C21H26ClN3O3S.CH4O/c1-26(2,3)35-25(32)29-15-13-19(14-16-29)17-28-24(31)20-9-11-22(12-10-20)30(36(4,33)34)18-21-7-5-6-8-23(21)27;1-29(27,28)25(15-18-4-2-3-5-20(18)22)19-8-6-17(7-9-19)21(26)24-14-16-10-12-23-13-11-16;1-2/h5-12,19H,13-18H2,1-4H3,(H,28,31);2-9,16,23H,10-15H2,1H3,(H,24,26);2H,1H3. The van der Waals surface area contributed by atoms with E-state index < -0.39 is 25.6 Å². The van der Waals surface area contributed by atoms with Crippen molar-refractivity contribution in [3.63, 3.8) is 0 Å². The number of likely N-dealkylation sites (tertiary alicyclic amines) is 1. The number of piperidine rings is 2. The molecule has 2 aliphatic heterocycles. The molecule has 4 N–H and O–H groups in total. The van der Waals surface area contributed by atoms with Gasteiger partial charge in [-0.3, -0.25) is 18.2 Å². The average Bonchev–Trinajstić information content (AvgIpc) is 3.29. The molecule has 2 saturated heterocycles. The van der Waals surface area contributed by atoms with Crippen LogP contribution in [0.1, 0.15) is 78.3 Å². The number of amides is 3.